The minimum Gasteiger partial charge on any atom is -0.352 e. The molecule has 3 rings (SSSR count). The first kappa shape index (κ1) is 29.2. The standard InChI is InChI=1S/C29H34ClN3O4S/c1-21(2)31-29(35)27(18-23-12-7-5-8-13-23)32(19-24-14-9-6-10-15-24)28(34)20-33(38(4,36)37)26-17-11-16-25(30)22(26)3/h5-17,21,27H,18-20H2,1-4H3,(H,31,35)/t27-/m1/s1. The third-order valence-corrected chi connectivity index (χ3v) is 7.62. The van der Waals surface area contributed by atoms with Gasteiger partial charge in [0.1, 0.15) is 12.6 Å². The van der Waals surface area contributed by atoms with Crippen LogP contribution in [0.5, 0.6) is 0 Å². The van der Waals surface area contributed by atoms with Crippen LogP contribution in [0.15, 0.2) is 78.9 Å². The maximum atomic E-state index is 14.0. The number of amides is 2. The van der Waals surface area contributed by atoms with Crippen LogP contribution in [-0.2, 0) is 32.6 Å². The number of nitrogens with one attached hydrogen (secondary N) is 1. The summed E-state index contributed by atoms with van der Waals surface area (Å²) >= 11 is 6.28. The average molecular weight is 556 g/mol. The van der Waals surface area contributed by atoms with E-state index in [2.05, 4.69) is 5.32 Å². The Morgan fingerprint density at radius 1 is 0.895 bits per heavy atom. The maximum Gasteiger partial charge on any atom is 0.244 e. The molecule has 0 saturated carbocycles. The summed E-state index contributed by atoms with van der Waals surface area (Å²) < 4.78 is 26.8. The van der Waals surface area contributed by atoms with Gasteiger partial charge in [-0.15, -0.1) is 0 Å². The largest absolute Gasteiger partial charge is 0.352 e. The highest BCUT2D eigenvalue weighted by Gasteiger charge is 2.33. The molecular formula is C29H34ClN3O4S. The Bertz CT molecular complexity index is 1350. The van der Waals surface area contributed by atoms with Crippen molar-refractivity contribution in [1.29, 1.82) is 0 Å². The van der Waals surface area contributed by atoms with Crippen LogP contribution in [0.1, 0.15) is 30.5 Å². The molecule has 9 heteroatoms. The van der Waals surface area contributed by atoms with Gasteiger partial charge in [0.25, 0.3) is 0 Å². The smallest absolute Gasteiger partial charge is 0.244 e. The number of carbonyl (C=O) groups is 2. The zero-order valence-electron chi connectivity index (χ0n) is 22.1. The van der Waals surface area contributed by atoms with Crippen molar-refractivity contribution in [3.8, 4) is 0 Å². The molecule has 1 N–H and O–H groups in total. The molecule has 0 aromatic heterocycles. The Morgan fingerprint density at radius 2 is 1.47 bits per heavy atom. The second-order valence-corrected chi connectivity index (χ2v) is 11.8. The first-order valence-corrected chi connectivity index (χ1v) is 14.6. The van der Waals surface area contributed by atoms with E-state index in [0.29, 0.717) is 16.3 Å². The van der Waals surface area contributed by atoms with Crippen molar-refractivity contribution < 1.29 is 18.0 Å². The number of rotatable bonds is 11. The summed E-state index contributed by atoms with van der Waals surface area (Å²) in [6, 6.07) is 22.7. The van der Waals surface area contributed by atoms with E-state index >= 15 is 0 Å². The molecule has 2 amide bonds. The number of sulfonamides is 1. The van der Waals surface area contributed by atoms with E-state index in [1.807, 2.05) is 74.5 Å². The van der Waals surface area contributed by atoms with Crippen molar-refractivity contribution in [3.63, 3.8) is 0 Å². The van der Waals surface area contributed by atoms with Crippen LogP contribution in [0.2, 0.25) is 5.02 Å². The quantitative estimate of drug-likeness (QED) is 0.375. The van der Waals surface area contributed by atoms with Crippen LogP contribution in [0.4, 0.5) is 5.69 Å². The van der Waals surface area contributed by atoms with Gasteiger partial charge in [0.15, 0.2) is 0 Å². The number of halogens is 1. The van der Waals surface area contributed by atoms with Crippen LogP contribution in [0.25, 0.3) is 0 Å². The van der Waals surface area contributed by atoms with Crippen molar-refractivity contribution in [3.05, 3.63) is 101 Å². The first-order valence-electron chi connectivity index (χ1n) is 12.4. The van der Waals surface area contributed by atoms with Gasteiger partial charge in [-0.2, -0.15) is 0 Å². The predicted molar refractivity (Wildman–Crippen MR) is 153 cm³/mol. The lowest BCUT2D eigenvalue weighted by Crippen LogP contribution is -2.54. The molecule has 3 aromatic carbocycles. The Balaban J connectivity index is 2.06. The molecule has 0 fully saturated rings. The highest BCUT2D eigenvalue weighted by molar-refractivity contribution is 7.92. The van der Waals surface area contributed by atoms with Gasteiger partial charge < -0.3 is 10.2 Å². The summed E-state index contributed by atoms with van der Waals surface area (Å²) in [5.41, 5.74) is 2.56. The summed E-state index contributed by atoms with van der Waals surface area (Å²) in [6.07, 6.45) is 1.32. The minimum atomic E-state index is -3.86. The molecule has 0 unspecified atom stereocenters. The number of benzene rings is 3. The lowest BCUT2D eigenvalue weighted by atomic mass is 10.0. The van der Waals surface area contributed by atoms with Gasteiger partial charge in [0.2, 0.25) is 21.8 Å². The molecule has 0 aliphatic rings. The topological polar surface area (TPSA) is 86.8 Å². The SMILES string of the molecule is Cc1c(Cl)cccc1N(CC(=O)N(Cc1ccccc1)[C@H](Cc1ccccc1)C(=O)NC(C)C)S(C)(=O)=O. The number of nitrogens with zero attached hydrogens (tertiary/aromatic N) is 2. The fourth-order valence-electron chi connectivity index (χ4n) is 4.18. The number of anilines is 1. The molecule has 202 valence electrons. The second-order valence-electron chi connectivity index (χ2n) is 9.53. The third kappa shape index (κ3) is 7.82. The molecule has 0 heterocycles. The Morgan fingerprint density at radius 3 is 2.03 bits per heavy atom. The van der Waals surface area contributed by atoms with Gasteiger partial charge in [-0.3, -0.25) is 13.9 Å². The number of carbonyl (C=O) groups excluding carboxylic acids is 2. The molecule has 7 nitrogen and oxygen atoms in total. The Labute approximate surface area is 230 Å². The minimum absolute atomic E-state index is 0.134. The van der Waals surface area contributed by atoms with Crippen LogP contribution >= 0.6 is 11.6 Å². The first-order chi connectivity index (χ1) is 18.0. The predicted octanol–water partition coefficient (Wildman–Crippen LogP) is 4.58. The van der Waals surface area contributed by atoms with E-state index < -0.39 is 28.5 Å². The van der Waals surface area contributed by atoms with Gasteiger partial charge in [-0.05, 0) is 49.6 Å². The zero-order valence-corrected chi connectivity index (χ0v) is 23.7. The summed E-state index contributed by atoms with van der Waals surface area (Å²) in [7, 11) is -3.86. The van der Waals surface area contributed by atoms with Gasteiger partial charge in [-0.1, -0.05) is 78.3 Å². The van der Waals surface area contributed by atoms with E-state index in [1.54, 1.807) is 25.1 Å². The summed E-state index contributed by atoms with van der Waals surface area (Å²) in [4.78, 5) is 29.0. The van der Waals surface area contributed by atoms with E-state index in [9.17, 15) is 18.0 Å². The maximum absolute atomic E-state index is 14.0. The monoisotopic (exact) mass is 555 g/mol. The van der Waals surface area contributed by atoms with Crippen LogP contribution in [-0.4, -0.2) is 50.0 Å². The molecule has 3 aromatic rings. The van der Waals surface area contributed by atoms with Crippen LogP contribution in [0.3, 0.4) is 0 Å². The second kappa shape index (κ2) is 12.9. The van der Waals surface area contributed by atoms with E-state index in [1.165, 1.54) is 4.90 Å². The highest BCUT2D eigenvalue weighted by Crippen LogP contribution is 2.28. The van der Waals surface area contributed by atoms with Crippen molar-refractivity contribution in [2.75, 3.05) is 17.1 Å². The van der Waals surface area contributed by atoms with E-state index in [4.69, 9.17) is 11.6 Å². The molecule has 0 radical (unpaired) electrons. The van der Waals surface area contributed by atoms with Gasteiger partial charge in [-0.25, -0.2) is 8.42 Å². The molecule has 38 heavy (non-hydrogen) atoms. The van der Waals surface area contributed by atoms with Crippen molar-refractivity contribution in [2.24, 2.45) is 0 Å². The van der Waals surface area contributed by atoms with Crippen LogP contribution in [0, 0.1) is 6.92 Å². The van der Waals surface area contributed by atoms with E-state index in [0.717, 1.165) is 21.7 Å². The fourth-order valence-corrected chi connectivity index (χ4v) is 5.25. The average Bonchev–Trinajstić information content (AvgIpc) is 2.86. The molecule has 0 aliphatic carbocycles. The van der Waals surface area contributed by atoms with Gasteiger partial charge in [0, 0.05) is 24.0 Å². The lowest BCUT2D eigenvalue weighted by molar-refractivity contribution is -0.140. The summed E-state index contributed by atoms with van der Waals surface area (Å²) in [5.74, 6) is -0.809. The highest BCUT2D eigenvalue weighted by atomic mass is 35.5. The van der Waals surface area contributed by atoms with Gasteiger partial charge in [0.05, 0.1) is 11.9 Å². The molecule has 0 saturated heterocycles. The summed E-state index contributed by atoms with van der Waals surface area (Å²) in [5, 5.41) is 3.33. The van der Waals surface area contributed by atoms with Crippen molar-refractivity contribution >= 4 is 39.1 Å². The Kier molecular flexibility index (Phi) is 9.94. The lowest BCUT2D eigenvalue weighted by Gasteiger charge is -2.34. The molecule has 1 atom stereocenters. The number of hydrogen-bond acceptors (Lipinski definition) is 4. The van der Waals surface area contributed by atoms with E-state index in [-0.39, 0.29) is 24.9 Å². The van der Waals surface area contributed by atoms with Crippen molar-refractivity contribution in [1.82, 2.24) is 10.2 Å². The fraction of sp³-hybridized carbons (Fsp3) is 0.310. The van der Waals surface area contributed by atoms with Gasteiger partial charge >= 0.3 is 0 Å². The number of hydrogen-bond donors (Lipinski definition) is 1. The molecular weight excluding hydrogens is 522 g/mol. The molecule has 0 spiro atoms. The third-order valence-electron chi connectivity index (χ3n) is 6.08. The zero-order chi connectivity index (χ0) is 27.9. The summed E-state index contributed by atoms with van der Waals surface area (Å²) in [6.45, 7) is 5.07. The Hall–Kier alpha value is -3.36. The molecule has 0 aliphatic heterocycles. The normalized spacial score (nSPS) is 12.2. The molecule has 0 bridgehead atoms. The van der Waals surface area contributed by atoms with Crippen LogP contribution < -0.4 is 9.62 Å². The van der Waals surface area contributed by atoms with Crippen molar-refractivity contribution in [2.45, 2.75) is 45.8 Å².